The highest BCUT2D eigenvalue weighted by Crippen LogP contribution is 2.35. The summed E-state index contributed by atoms with van der Waals surface area (Å²) in [6.07, 6.45) is 6.88. The average molecular weight is 169 g/mol. The first-order valence-corrected chi connectivity index (χ1v) is 5.40. The molecule has 1 N–H and O–H groups in total. The van der Waals surface area contributed by atoms with Crippen LogP contribution in [0.3, 0.4) is 0 Å². The lowest BCUT2D eigenvalue weighted by atomic mass is 9.73. The molecule has 0 aromatic rings. The van der Waals surface area contributed by atoms with Gasteiger partial charge in [-0.1, -0.05) is 33.6 Å². The van der Waals surface area contributed by atoms with Gasteiger partial charge in [-0.25, -0.2) is 0 Å². The fourth-order valence-corrected chi connectivity index (χ4v) is 2.19. The van der Waals surface area contributed by atoms with Crippen molar-refractivity contribution in [3.05, 3.63) is 0 Å². The first-order valence-electron chi connectivity index (χ1n) is 5.40. The van der Waals surface area contributed by atoms with Gasteiger partial charge in [0.2, 0.25) is 0 Å². The normalized spacial score (nSPS) is 28.8. The van der Waals surface area contributed by atoms with Crippen molar-refractivity contribution in [3.8, 4) is 0 Å². The van der Waals surface area contributed by atoms with Crippen LogP contribution >= 0.6 is 0 Å². The molecule has 1 rings (SSSR count). The Hall–Kier alpha value is -0.0400. The van der Waals surface area contributed by atoms with Gasteiger partial charge in [-0.2, -0.15) is 0 Å². The van der Waals surface area contributed by atoms with Crippen LogP contribution in [0, 0.1) is 5.41 Å². The maximum absolute atomic E-state index is 3.66. The molecule has 1 heteroatoms. The lowest BCUT2D eigenvalue weighted by molar-refractivity contribution is 0.168. The summed E-state index contributed by atoms with van der Waals surface area (Å²) >= 11 is 0. The van der Waals surface area contributed by atoms with Crippen LogP contribution in [0.15, 0.2) is 0 Å². The summed E-state index contributed by atoms with van der Waals surface area (Å²) < 4.78 is 0. The molecule has 12 heavy (non-hydrogen) atoms. The summed E-state index contributed by atoms with van der Waals surface area (Å²) in [5.41, 5.74) is 0.535. The minimum absolute atomic E-state index is 0.535. The third-order valence-corrected chi connectivity index (χ3v) is 3.15. The van der Waals surface area contributed by atoms with E-state index < -0.39 is 0 Å². The summed E-state index contributed by atoms with van der Waals surface area (Å²) in [5, 5.41) is 3.66. The summed E-state index contributed by atoms with van der Waals surface area (Å²) in [5.74, 6) is 0. The molecule has 0 heterocycles. The highest BCUT2D eigenvalue weighted by molar-refractivity contribution is 4.87. The van der Waals surface area contributed by atoms with Crippen LogP contribution in [0.5, 0.6) is 0 Å². The van der Waals surface area contributed by atoms with Crippen LogP contribution in [0.4, 0.5) is 0 Å². The molecule has 0 amide bonds. The van der Waals surface area contributed by atoms with Crippen LogP contribution in [-0.2, 0) is 0 Å². The van der Waals surface area contributed by atoms with E-state index in [9.17, 15) is 0 Å². The van der Waals surface area contributed by atoms with Gasteiger partial charge in [0.05, 0.1) is 0 Å². The van der Waals surface area contributed by atoms with Gasteiger partial charge in [-0.3, -0.25) is 0 Å². The quantitative estimate of drug-likeness (QED) is 0.685. The summed E-state index contributed by atoms with van der Waals surface area (Å²) in [6, 6.07) is 0.770. The molecule has 0 aromatic heterocycles. The Labute approximate surface area is 76.9 Å². The van der Waals surface area contributed by atoms with Crippen molar-refractivity contribution in [2.24, 2.45) is 5.41 Å². The first-order chi connectivity index (χ1) is 5.67. The highest BCUT2D eigenvalue weighted by atomic mass is 14.9. The maximum atomic E-state index is 3.66. The van der Waals surface area contributed by atoms with Crippen molar-refractivity contribution in [1.82, 2.24) is 5.32 Å². The standard InChI is InChI=1S/C11H23N/c1-4-9-12-10-7-5-6-8-11(10,2)3/h10,12H,4-9H2,1-3H3. The molecular formula is C11H23N. The van der Waals surface area contributed by atoms with Crippen LogP contribution in [0.25, 0.3) is 0 Å². The van der Waals surface area contributed by atoms with E-state index in [0.717, 1.165) is 6.04 Å². The molecule has 72 valence electrons. The molecule has 0 saturated heterocycles. The second-order valence-electron chi connectivity index (χ2n) is 4.74. The monoisotopic (exact) mass is 169 g/mol. The molecule has 1 saturated carbocycles. The smallest absolute Gasteiger partial charge is 0.0118 e. The van der Waals surface area contributed by atoms with Crippen molar-refractivity contribution < 1.29 is 0 Å². The van der Waals surface area contributed by atoms with E-state index in [1.807, 2.05) is 0 Å². The SMILES string of the molecule is CCCNC1CCCCC1(C)C. The zero-order valence-electron chi connectivity index (χ0n) is 8.82. The molecule has 1 atom stereocenters. The van der Waals surface area contributed by atoms with Crippen molar-refractivity contribution in [2.75, 3.05) is 6.54 Å². The number of hydrogen-bond acceptors (Lipinski definition) is 1. The van der Waals surface area contributed by atoms with Crippen LogP contribution in [0.2, 0.25) is 0 Å². The minimum Gasteiger partial charge on any atom is -0.313 e. The van der Waals surface area contributed by atoms with E-state index in [4.69, 9.17) is 0 Å². The van der Waals surface area contributed by atoms with Gasteiger partial charge in [-0.15, -0.1) is 0 Å². The second-order valence-corrected chi connectivity index (χ2v) is 4.74. The molecule has 0 aliphatic heterocycles. The predicted molar refractivity (Wildman–Crippen MR) is 54.3 cm³/mol. The molecule has 1 aliphatic carbocycles. The molecular weight excluding hydrogens is 146 g/mol. The van der Waals surface area contributed by atoms with Gasteiger partial charge in [0, 0.05) is 6.04 Å². The molecule has 0 aromatic carbocycles. The van der Waals surface area contributed by atoms with Crippen molar-refractivity contribution in [3.63, 3.8) is 0 Å². The zero-order chi connectivity index (χ0) is 9.03. The lowest BCUT2D eigenvalue weighted by Crippen LogP contribution is -2.44. The van der Waals surface area contributed by atoms with E-state index in [1.54, 1.807) is 0 Å². The third kappa shape index (κ3) is 2.48. The van der Waals surface area contributed by atoms with E-state index >= 15 is 0 Å². The van der Waals surface area contributed by atoms with Crippen molar-refractivity contribution >= 4 is 0 Å². The third-order valence-electron chi connectivity index (χ3n) is 3.15. The molecule has 1 aliphatic rings. The molecule has 1 nitrogen and oxygen atoms in total. The second kappa shape index (κ2) is 4.27. The molecule has 1 unspecified atom stereocenters. The summed E-state index contributed by atoms with van der Waals surface area (Å²) in [7, 11) is 0. The number of rotatable bonds is 3. The van der Waals surface area contributed by atoms with E-state index in [1.165, 1.54) is 38.6 Å². The van der Waals surface area contributed by atoms with Gasteiger partial charge in [0.15, 0.2) is 0 Å². The topological polar surface area (TPSA) is 12.0 Å². The van der Waals surface area contributed by atoms with Crippen LogP contribution in [0.1, 0.15) is 52.9 Å². The fraction of sp³-hybridized carbons (Fsp3) is 1.00. The average Bonchev–Trinajstić information content (AvgIpc) is 2.02. The van der Waals surface area contributed by atoms with Crippen LogP contribution < -0.4 is 5.32 Å². The maximum Gasteiger partial charge on any atom is 0.0118 e. The van der Waals surface area contributed by atoms with Crippen molar-refractivity contribution in [1.29, 1.82) is 0 Å². The molecule has 0 bridgehead atoms. The predicted octanol–water partition coefficient (Wildman–Crippen LogP) is 2.95. The number of nitrogens with one attached hydrogen (secondary N) is 1. The molecule has 1 fully saturated rings. The summed E-state index contributed by atoms with van der Waals surface area (Å²) in [6.45, 7) is 8.23. The Bertz CT molecular complexity index is 129. The minimum atomic E-state index is 0.535. The Kier molecular flexibility index (Phi) is 3.57. The summed E-state index contributed by atoms with van der Waals surface area (Å²) in [4.78, 5) is 0. The van der Waals surface area contributed by atoms with Gasteiger partial charge in [-0.05, 0) is 31.2 Å². The zero-order valence-corrected chi connectivity index (χ0v) is 8.82. The Morgan fingerprint density at radius 2 is 2.08 bits per heavy atom. The molecule has 0 radical (unpaired) electrons. The fourth-order valence-electron chi connectivity index (χ4n) is 2.19. The highest BCUT2D eigenvalue weighted by Gasteiger charge is 2.31. The molecule has 0 spiro atoms. The largest absolute Gasteiger partial charge is 0.313 e. The Balaban J connectivity index is 2.37. The van der Waals surface area contributed by atoms with E-state index in [2.05, 4.69) is 26.1 Å². The lowest BCUT2D eigenvalue weighted by Gasteiger charge is -2.39. The Morgan fingerprint density at radius 1 is 1.33 bits per heavy atom. The van der Waals surface area contributed by atoms with Crippen LogP contribution in [-0.4, -0.2) is 12.6 Å². The van der Waals surface area contributed by atoms with E-state index in [0.29, 0.717) is 5.41 Å². The van der Waals surface area contributed by atoms with Crippen molar-refractivity contribution in [2.45, 2.75) is 58.9 Å². The van der Waals surface area contributed by atoms with E-state index in [-0.39, 0.29) is 0 Å². The Morgan fingerprint density at radius 3 is 2.67 bits per heavy atom. The van der Waals surface area contributed by atoms with Gasteiger partial charge in [0.25, 0.3) is 0 Å². The first kappa shape index (κ1) is 10.0. The number of hydrogen-bond donors (Lipinski definition) is 1. The van der Waals surface area contributed by atoms with Gasteiger partial charge >= 0.3 is 0 Å². The van der Waals surface area contributed by atoms with Gasteiger partial charge < -0.3 is 5.32 Å². The van der Waals surface area contributed by atoms with Gasteiger partial charge in [0.1, 0.15) is 0 Å².